The first-order valence-electron chi connectivity index (χ1n) is 7.63. The maximum atomic E-state index is 13.5. The third-order valence-corrected chi connectivity index (χ3v) is 4.00. The predicted octanol–water partition coefficient (Wildman–Crippen LogP) is 3.78. The number of nitriles is 1. The lowest BCUT2D eigenvalue weighted by atomic mass is 10.0. The minimum atomic E-state index is -0.347. The van der Waals surface area contributed by atoms with Crippen LogP contribution in [-0.4, -0.2) is 19.4 Å². The van der Waals surface area contributed by atoms with Gasteiger partial charge in [0.15, 0.2) is 0 Å². The van der Waals surface area contributed by atoms with E-state index in [-0.39, 0.29) is 5.82 Å². The topological polar surface area (TPSA) is 66.9 Å². The fourth-order valence-electron chi connectivity index (χ4n) is 2.74. The Morgan fingerprint density at radius 2 is 2.00 bits per heavy atom. The second-order valence-corrected chi connectivity index (χ2v) is 5.56. The number of halogens is 1. The van der Waals surface area contributed by atoms with Crippen molar-refractivity contribution in [1.29, 1.82) is 5.26 Å². The van der Waals surface area contributed by atoms with E-state index in [2.05, 4.69) is 21.0 Å². The lowest BCUT2D eigenvalue weighted by Gasteiger charge is -2.10. The van der Waals surface area contributed by atoms with Crippen LogP contribution in [0, 0.1) is 24.1 Å². The van der Waals surface area contributed by atoms with Gasteiger partial charge in [-0.05, 0) is 37.3 Å². The van der Waals surface area contributed by atoms with Crippen molar-refractivity contribution >= 4 is 5.65 Å². The van der Waals surface area contributed by atoms with Crippen LogP contribution in [-0.2, 0) is 0 Å². The summed E-state index contributed by atoms with van der Waals surface area (Å²) in [6.07, 6.45) is 5.06. The summed E-state index contributed by atoms with van der Waals surface area (Å²) in [5, 5.41) is 9.21. The first kappa shape index (κ1) is 15.0. The minimum Gasteiger partial charge on any atom is -0.291 e. The second kappa shape index (κ2) is 5.80. The van der Waals surface area contributed by atoms with Gasteiger partial charge in [0, 0.05) is 23.5 Å². The molecule has 6 heteroatoms. The fraction of sp³-hybridized carbons (Fsp3) is 0.0526. The standard InChI is InChI=1S/C19H12FN5/c1-12-16(20)5-6-17(24-12)19-15(3-2-8-22-19)13-4-7-18-23-10-14(9-21)25(18)11-13/h2-8,10-11H,1H3. The Balaban J connectivity index is 1.92. The number of fused-ring (bicyclic) bond motifs is 1. The number of aryl methyl sites for hydroxylation is 1. The smallest absolute Gasteiger partial charge is 0.144 e. The van der Waals surface area contributed by atoms with E-state index >= 15 is 0 Å². The molecule has 0 amide bonds. The number of pyridine rings is 3. The highest BCUT2D eigenvalue weighted by Crippen LogP contribution is 2.30. The van der Waals surface area contributed by atoms with Crippen LogP contribution in [0.2, 0.25) is 0 Å². The average molecular weight is 329 g/mol. The molecule has 0 radical (unpaired) electrons. The first-order chi connectivity index (χ1) is 12.2. The van der Waals surface area contributed by atoms with E-state index in [0.29, 0.717) is 28.4 Å². The Morgan fingerprint density at radius 3 is 2.80 bits per heavy atom. The van der Waals surface area contributed by atoms with E-state index < -0.39 is 0 Å². The maximum Gasteiger partial charge on any atom is 0.144 e. The van der Waals surface area contributed by atoms with Crippen molar-refractivity contribution < 1.29 is 4.39 Å². The maximum absolute atomic E-state index is 13.5. The summed E-state index contributed by atoms with van der Waals surface area (Å²) in [4.78, 5) is 12.9. The number of imidazole rings is 1. The van der Waals surface area contributed by atoms with Crippen LogP contribution in [0.25, 0.3) is 28.2 Å². The normalized spacial score (nSPS) is 10.8. The molecule has 0 fully saturated rings. The SMILES string of the molecule is Cc1nc(-c2ncccc2-c2ccc3ncc(C#N)n3c2)ccc1F. The van der Waals surface area contributed by atoms with E-state index in [1.165, 1.54) is 12.3 Å². The van der Waals surface area contributed by atoms with Crippen molar-refractivity contribution in [3.05, 3.63) is 72.2 Å². The van der Waals surface area contributed by atoms with Crippen LogP contribution in [0.1, 0.15) is 11.4 Å². The molecule has 0 unspecified atom stereocenters. The molecule has 4 rings (SSSR count). The minimum absolute atomic E-state index is 0.325. The number of hydrogen-bond acceptors (Lipinski definition) is 4. The Bertz CT molecular complexity index is 1140. The van der Waals surface area contributed by atoms with E-state index in [4.69, 9.17) is 0 Å². The van der Waals surface area contributed by atoms with Gasteiger partial charge in [-0.2, -0.15) is 5.26 Å². The quantitative estimate of drug-likeness (QED) is 0.561. The van der Waals surface area contributed by atoms with E-state index in [9.17, 15) is 9.65 Å². The highest BCUT2D eigenvalue weighted by molar-refractivity contribution is 5.79. The van der Waals surface area contributed by atoms with Gasteiger partial charge >= 0.3 is 0 Å². The molecule has 4 aromatic heterocycles. The lowest BCUT2D eigenvalue weighted by Crippen LogP contribution is -1.96. The van der Waals surface area contributed by atoms with Crippen molar-refractivity contribution in [2.24, 2.45) is 0 Å². The molecular weight excluding hydrogens is 317 g/mol. The molecule has 0 aliphatic carbocycles. The van der Waals surface area contributed by atoms with E-state index in [1.807, 2.05) is 30.5 Å². The van der Waals surface area contributed by atoms with Gasteiger partial charge < -0.3 is 0 Å². The van der Waals surface area contributed by atoms with Crippen LogP contribution in [0.3, 0.4) is 0 Å². The van der Waals surface area contributed by atoms with E-state index in [1.54, 1.807) is 23.6 Å². The highest BCUT2D eigenvalue weighted by atomic mass is 19.1. The van der Waals surface area contributed by atoms with Gasteiger partial charge in [-0.3, -0.25) is 9.38 Å². The summed E-state index contributed by atoms with van der Waals surface area (Å²) >= 11 is 0. The molecule has 0 spiro atoms. The molecule has 0 saturated heterocycles. The highest BCUT2D eigenvalue weighted by Gasteiger charge is 2.13. The van der Waals surface area contributed by atoms with Crippen LogP contribution >= 0.6 is 0 Å². The summed E-state index contributed by atoms with van der Waals surface area (Å²) < 4.78 is 15.3. The summed E-state index contributed by atoms with van der Waals surface area (Å²) in [6.45, 7) is 1.62. The Hall–Kier alpha value is -3.59. The molecule has 0 aliphatic heterocycles. The van der Waals surface area contributed by atoms with E-state index in [0.717, 1.165) is 11.1 Å². The molecule has 25 heavy (non-hydrogen) atoms. The molecule has 120 valence electrons. The zero-order valence-corrected chi connectivity index (χ0v) is 13.3. The van der Waals surface area contributed by atoms with Crippen LogP contribution in [0.15, 0.2) is 55.0 Å². The van der Waals surface area contributed by atoms with Gasteiger partial charge in [0.1, 0.15) is 23.2 Å². The lowest BCUT2D eigenvalue weighted by molar-refractivity contribution is 0.610. The van der Waals surface area contributed by atoms with Gasteiger partial charge in [-0.25, -0.2) is 14.4 Å². The Kier molecular flexibility index (Phi) is 3.47. The van der Waals surface area contributed by atoms with Crippen molar-refractivity contribution in [3.63, 3.8) is 0 Å². The third kappa shape index (κ3) is 2.52. The number of rotatable bonds is 2. The Labute approximate surface area is 143 Å². The second-order valence-electron chi connectivity index (χ2n) is 5.56. The molecular formula is C19H12FN5. The largest absolute Gasteiger partial charge is 0.291 e. The molecule has 0 N–H and O–H groups in total. The molecule has 0 saturated carbocycles. The fourth-order valence-corrected chi connectivity index (χ4v) is 2.74. The zero-order chi connectivity index (χ0) is 17.4. The van der Waals surface area contributed by atoms with Crippen molar-refractivity contribution in [1.82, 2.24) is 19.4 Å². The number of nitrogens with zero attached hydrogens (tertiary/aromatic N) is 5. The monoisotopic (exact) mass is 329 g/mol. The molecule has 0 atom stereocenters. The average Bonchev–Trinajstić information content (AvgIpc) is 3.06. The molecule has 0 bridgehead atoms. The summed E-state index contributed by atoms with van der Waals surface area (Å²) in [7, 11) is 0. The van der Waals surface area contributed by atoms with Gasteiger partial charge in [-0.15, -0.1) is 0 Å². The number of hydrogen-bond donors (Lipinski definition) is 0. The Morgan fingerprint density at radius 1 is 1.12 bits per heavy atom. The third-order valence-electron chi connectivity index (χ3n) is 4.00. The molecule has 4 heterocycles. The van der Waals surface area contributed by atoms with Crippen LogP contribution < -0.4 is 0 Å². The van der Waals surface area contributed by atoms with Crippen molar-refractivity contribution in [2.45, 2.75) is 6.92 Å². The summed E-state index contributed by atoms with van der Waals surface area (Å²) in [6, 6.07) is 12.6. The first-order valence-corrected chi connectivity index (χ1v) is 7.63. The van der Waals surface area contributed by atoms with Gasteiger partial charge in [0.25, 0.3) is 0 Å². The van der Waals surface area contributed by atoms with Gasteiger partial charge in [0.05, 0.1) is 23.3 Å². The summed E-state index contributed by atoms with van der Waals surface area (Å²) in [5.74, 6) is -0.347. The van der Waals surface area contributed by atoms with Crippen molar-refractivity contribution in [2.75, 3.05) is 0 Å². The molecule has 0 aliphatic rings. The predicted molar refractivity (Wildman–Crippen MR) is 91.1 cm³/mol. The van der Waals surface area contributed by atoms with Crippen LogP contribution in [0.5, 0.6) is 0 Å². The molecule has 5 nitrogen and oxygen atoms in total. The van der Waals surface area contributed by atoms with Crippen LogP contribution in [0.4, 0.5) is 4.39 Å². The zero-order valence-electron chi connectivity index (χ0n) is 13.3. The number of aromatic nitrogens is 4. The summed E-state index contributed by atoms with van der Waals surface area (Å²) in [5.41, 5.74) is 4.45. The molecule has 0 aromatic carbocycles. The van der Waals surface area contributed by atoms with Gasteiger partial charge in [0.2, 0.25) is 0 Å². The molecule has 4 aromatic rings. The van der Waals surface area contributed by atoms with Gasteiger partial charge in [-0.1, -0.05) is 6.07 Å². The van der Waals surface area contributed by atoms with Crippen molar-refractivity contribution in [3.8, 4) is 28.6 Å².